The van der Waals surface area contributed by atoms with Crippen molar-refractivity contribution in [1.82, 2.24) is 5.32 Å². The van der Waals surface area contributed by atoms with Gasteiger partial charge in [-0.2, -0.15) is 0 Å². The molecule has 3 rings (SSSR count). The molecule has 0 aromatic heterocycles. The van der Waals surface area contributed by atoms with E-state index in [1.54, 1.807) is 6.07 Å². The van der Waals surface area contributed by atoms with Gasteiger partial charge in [0, 0.05) is 18.7 Å². The van der Waals surface area contributed by atoms with Crippen LogP contribution in [0.4, 0.5) is 0 Å². The lowest BCUT2D eigenvalue weighted by atomic mass is 10.1. The maximum atomic E-state index is 5.99. The first-order chi connectivity index (χ1) is 10.7. The smallest absolute Gasteiger partial charge is 0.128 e. The fourth-order valence-corrected chi connectivity index (χ4v) is 2.55. The normalized spacial score (nSPS) is 14.2. The first kappa shape index (κ1) is 15.2. The fraction of sp³-hybridized carbons (Fsp3) is 0.235. The van der Waals surface area contributed by atoms with Crippen molar-refractivity contribution < 1.29 is 4.74 Å². The van der Waals surface area contributed by atoms with Crippen molar-refractivity contribution in [3.63, 3.8) is 0 Å². The van der Waals surface area contributed by atoms with Gasteiger partial charge < -0.3 is 10.1 Å². The zero-order valence-electron chi connectivity index (χ0n) is 12.0. The van der Waals surface area contributed by atoms with Gasteiger partial charge in [-0.15, -0.1) is 0 Å². The summed E-state index contributed by atoms with van der Waals surface area (Å²) < 4.78 is 5.77. The molecular weight excluding hydrogens is 319 g/mol. The molecule has 0 amide bonds. The van der Waals surface area contributed by atoms with E-state index in [1.807, 2.05) is 36.4 Å². The molecule has 114 valence electrons. The van der Waals surface area contributed by atoms with Crippen LogP contribution in [0.25, 0.3) is 0 Å². The lowest BCUT2D eigenvalue weighted by Crippen LogP contribution is -2.30. The molecule has 2 aromatic rings. The first-order valence-corrected chi connectivity index (χ1v) is 7.93. The summed E-state index contributed by atoms with van der Waals surface area (Å²) in [6.07, 6.45) is 1.09. The second-order valence-corrected chi connectivity index (χ2v) is 5.89. The van der Waals surface area contributed by atoms with Crippen LogP contribution in [0.2, 0.25) is 10.0 Å². The highest BCUT2D eigenvalue weighted by molar-refractivity contribution is 6.42. The third kappa shape index (κ3) is 3.73. The molecule has 0 saturated carbocycles. The molecular formula is C17H16Cl2N2O. The molecule has 2 aromatic carbocycles. The summed E-state index contributed by atoms with van der Waals surface area (Å²) in [6.45, 7) is 2.32. The number of halogens is 2. The van der Waals surface area contributed by atoms with E-state index < -0.39 is 0 Å². The lowest BCUT2D eigenvalue weighted by molar-refractivity contribution is 0.306. The minimum absolute atomic E-state index is 0.454. The molecule has 0 spiro atoms. The van der Waals surface area contributed by atoms with E-state index in [4.69, 9.17) is 27.9 Å². The molecule has 1 aliphatic rings. The number of rotatable bonds is 4. The molecule has 5 heteroatoms. The number of hydrogen-bond donors (Lipinski definition) is 1. The molecule has 0 unspecified atom stereocenters. The zero-order valence-corrected chi connectivity index (χ0v) is 13.5. The van der Waals surface area contributed by atoms with Gasteiger partial charge in [0.25, 0.3) is 0 Å². The van der Waals surface area contributed by atoms with Crippen molar-refractivity contribution >= 4 is 29.0 Å². The molecule has 0 bridgehead atoms. The maximum absolute atomic E-state index is 5.99. The van der Waals surface area contributed by atoms with Gasteiger partial charge in [0.15, 0.2) is 0 Å². The minimum Gasteiger partial charge on any atom is -0.489 e. The summed E-state index contributed by atoms with van der Waals surface area (Å²) in [4.78, 5) is 4.48. The largest absolute Gasteiger partial charge is 0.489 e. The van der Waals surface area contributed by atoms with Crippen LogP contribution in [0.15, 0.2) is 47.5 Å². The number of benzene rings is 2. The molecule has 0 saturated heterocycles. The zero-order chi connectivity index (χ0) is 15.4. The minimum atomic E-state index is 0.454. The van der Waals surface area contributed by atoms with Gasteiger partial charge >= 0.3 is 0 Å². The van der Waals surface area contributed by atoms with Crippen molar-refractivity contribution in [2.24, 2.45) is 4.99 Å². The molecule has 0 aliphatic carbocycles. The van der Waals surface area contributed by atoms with Crippen LogP contribution < -0.4 is 10.1 Å². The summed E-state index contributed by atoms with van der Waals surface area (Å²) in [5, 5.41) is 4.40. The number of aliphatic imine (C=N–C) groups is 1. The molecule has 1 aliphatic heterocycles. The predicted octanol–water partition coefficient (Wildman–Crippen LogP) is 4.31. The van der Waals surface area contributed by atoms with Crippen LogP contribution in [0.1, 0.15) is 17.5 Å². The Morgan fingerprint density at radius 2 is 1.86 bits per heavy atom. The Kier molecular flexibility index (Phi) is 4.86. The van der Waals surface area contributed by atoms with E-state index in [2.05, 4.69) is 10.3 Å². The molecule has 1 heterocycles. The Morgan fingerprint density at radius 1 is 1.05 bits per heavy atom. The number of hydrogen-bond acceptors (Lipinski definition) is 3. The van der Waals surface area contributed by atoms with Crippen LogP contribution in [-0.2, 0) is 6.61 Å². The van der Waals surface area contributed by atoms with Crippen molar-refractivity contribution in [2.45, 2.75) is 13.0 Å². The van der Waals surface area contributed by atoms with E-state index >= 15 is 0 Å². The average molecular weight is 335 g/mol. The van der Waals surface area contributed by atoms with Gasteiger partial charge in [-0.3, -0.25) is 4.99 Å². The first-order valence-electron chi connectivity index (χ1n) is 7.18. The molecule has 22 heavy (non-hydrogen) atoms. The van der Waals surface area contributed by atoms with Gasteiger partial charge in [0.05, 0.1) is 10.0 Å². The number of ether oxygens (including phenoxy) is 1. The Morgan fingerprint density at radius 3 is 2.55 bits per heavy atom. The van der Waals surface area contributed by atoms with Gasteiger partial charge in [-0.05, 0) is 48.4 Å². The fourth-order valence-electron chi connectivity index (χ4n) is 2.23. The molecule has 1 N–H and O–H groups in total. The standard InChI is InChI=1S/C17H16Cl2N2O/c18-15-7-2-12(10-16(15)19)11-22-14-5-3-13(4-6-14)17-20-8-1-9-21-17/h2-7,10H,1,8-9,11H2,(H,20,21). The van der Waals surface area contributed by atoms with Crippen molar-refractivity contribution in [3.05, 3.63) is 63.6 Å². The summed E-state index contributed by atoms with van der Waals surface area (Å²) in [7, 11) is 0. The van der Waals surface area contributed by atoms with Gasteiger partial charge in [-0.1, -0.05) is 29.3 Å². The predicted molar refractivity (Wildman–Crippen MR) is 91.3 cm³/mol. The monoisotopic (exact) mass is 334 g/mol. The van der Waals surface area contributed by atoms with E-state index in [-0.39, 0.29) is 0 Å². The number of nitrogens with zero attached hydrogens (tertiary/aromatic N) is 1. The van der Waals surface area contributed by atoms with Crippen molar-refractivity contribution in [2.75, 3.05) is 13.1 Å². The lowest BCUT2D eigenvalue weighted by Gasteiger charge is -2.15. The summed E-state index contributed by atoms with van der Waals surface area (Å²) in [5.41, 5.74) is 2.07. The second kappa shape index (κ2) is 7.03. The molecule has 3 nitrogen and oxygen atoms in total. The Balaban J connectivity index is 1.63. The third-order valence-electron chi connectivity index (χ3n) is 3.41. The van der Waals surface area contributed by atoms with Crippen LogP contribution in [-0.4, -0.2) is 18.9 Å². The van der Waals surface area contributed by atoms with E-state index in [1.165, 1.54) is 0 Å². The highest BCUT2D eigenvalue weighted by Crippen LogP contribution is 2.23. The van der Waals surface area contributed by atoms with E-state index in [0.29, 0.717) is 16.7 Å². The van der Waals surface area contributed by atoms with Crippen molar-refractivity contribution in [3.8, 4) is 5.75 Å². The van der Waals surface area contributed by atoms with E-state index in [0.717, 1.165) is 42.2 Å². The number of amidine groups is 1. The van der Waals surface area contributed by atoms with Gasteiger partial charge in [0.1, 0.15) is 18.2 Å². The van der Waals surface area contributed by atoms with Crippen LogP contribution in [0.5, 0.6) is 5.75 Å². The third-order valence-corrected chi connectivity index (χ3v) is 4.15. The summed E-state index contributed by atoms with van der Waals surface area (Å²) in [6, 6.07) is 13.4. The van der Waals surface area contributed by atoms with Crippen LogP contribution in [0.3, 0.4) is 0 Å². The van der Waals surface area contributed by atoms with Crippen molar-refractivity contribution in [1.29, 1.82) is 0 Å². The van der Waals surface area contributed by atoms with Gasteiger partial charge in [-0.25, -0.2) is 0 Å². The highest BCUT2D eigenvalue weighted by atomic mass is 35.5. The Labute approximate surface area is 139 Å². The average Bonchev–Trinajstić information content (AvgIpc) is 2.57. The second-order valence-electron chi connectivity index (χ2n) is 5.07. The number of nitrogens with one attached hydrogen (secondary N) is 1. The SMILES string of the molecule is Clc1ccc(COc2ccc(C3=NCCCN3)cc2)cc1Cl. The topological polar surface area (TPSA) is 33.6 Å². The van der Waals surface area contributed by atoms with Gasteiger partial charge in [0.2, 0.25) is 0 Å². The van der Waals surface area contributed by atoms with E-state index in [9.17, 15) is 0 Å². The summed E-state index contributed by atoms with van der Waals surface area (Å²) >= 11 is 11.9. The quantitative estimate of drug-likeness (QED) is 0.903. The molecule has 0 atom stereocenters. The highest BCUT2D eigenvalue weighted by Gasteiger charge is 2.07. The summed E-state index contributed by atoms with van der Waals surface area (Å²) in [5.74, 6) is 1.77. The van der Waals surface area contributed by atoms with Crippen LogP contribution >= 0.6 is 23.2 Å². The molecule has 0 radical (unpaired) electrons. The van der Waals surface area contributed by atoms with Crippen LogP contribution in [0, 0.1) is 0 Å². The molecule has 0 fully saturated rings. The maximum Gasteiger partial charge on any atom is 0.128 e. The Hall–Kier alpha value is -1.71. The Bertz CT molecular complexity index is 684.